The molecule has 18 heavy (non-hydrogen) atoms. The Bertz CT molecular complexity index is 459. The summed E-state index contributed by atoms with van der Waals surface area (Å²) in [7, 11) is 0. The molecule has 2 heterocycles. The van der Waals surface area contributed by atoms with Gasteiger partial charge in [0.2, 0.25) is 0 Å². The maximum atomic E-state index is 11.1. The molecule has 0 aliphatic carbocycles. The van der Waals surface area contributed by atoms with Crippen LogP contribution in [0.4, 0.5) is 11.5 Å². The molecule has 1 fully saturated rings. The minimum atomic E-state index is -1.01. The van der Waals surface area contributed by atoms with Gasteiger partial charge in [0.25, 0.3) is 0 Å². The molecule has 1 aliphatic rings. The average molecular weight is 267 g/mol. The number of anilines is 2. The smallest absolute Gasteiger partial charge is 0.339 e. The fourth-order valence-corrected chi connectivity index (χ4v) is 3.28. The lowest BCUT2D eigenvalue weighted by Gasteiger charge is -2.23. The standard InChI is InChI=1S/C12H17N3O2S/c1-12(3-2-4-18-12)7-15-10-9(11(16)17)5-8(13)6-14-10/h5-6H,2-4,7,13H2,1H3,(H,14,15)(H,16,17). The number of nitrogens with zero attached hydrogens (tertiary/aromatic N) is 1. The van der Waals surface area contributed by atoms with Gasteiger partial charge in [0, 0.05) is 11.3 Å². The summed E-state index contributed by atoms with van der Waals surface area (Å²) in [5.41, 5.74) is 6.04. The molecule has 1 aromatic rings. The number of thioether (sulfide) groups is 1. The highest BCUT2D eigenvalue weighted by atomic mass is 32.2. The van der Waals surface area contributed by atoms with Gasteiger partial charge in [-0.05, 0) is 31.6 Å². The molecule has 0 saturated carbocycles. The highest BCUT2D eigenvalue weighted by Gasteiger charge is 2.29. The van der Waals surface area contributed by atoms with E-state index in [0.29, 0.717) is 11.5 Å². The Balaban J connectivity index is 2.11. The van der Waals surface area contributed by atoms with E-state index < -0.39 is 5.97 Å². The van der Waals surface area contributed by atoms with Crippen LogP contribution in [0.1, 0.15) is 30.1 Å². The Morgan fingerprint density at radius 2 is 2.50 bits per heavy atom. The van der Waals surface area contributed by atoms with Crippen molar-refractivity contribution in [1.29, 1.82) is 0 Å². The van der Waals surface area contributed by atoms with Crippen molar-refractivity contribution in [3.63, 3.8) is 0 Å². The SMILES string of the molecule is CC1(CNc2ncc(N)cc2C(=O)O)CCCS1. The third-order valence-electron chi connectivity index (χ3n) is 3.07. The number of pyridine rings is 1. The Kier molecular flexibility index (Phi) is 3.65. The zero-order valence-electron chi connectivity index (χ0n) is 10.3. The number of nitrogens with two attached hydrogens (primary N) is 1. The van der Waals surface area contributed by atoms with Gasteiger partial charge in [0.15, 0.2) is 0 Å². The Morgan fingerprint density at radius 1 is 1.72 bits per heavy atom. The van der Waals surface area contributed by atoms with Crippen molar-refractivity contribution in [1.82, 2.24) is 4.98 Å². The second kappa shape index (κ2) is 5.06. The van der Waals surface area contributed by atoms with Gasteiger partial charge in [-0.2, -0.15) is 11.8 Å². The van der Waals surface area contributed by atoms with Crippen LogP contribution in [0.2, 0.25) is 0 Å². The fraction of sp³-hybridized carbons (Fsp3) is 0.500. The number of nitrogen functional groups attached to an aromatic ring is 1. The Labute approximate surface area is 110 Å². The maximum Gasteiger partial charge on any atom is 0.339 e. The van der Waals surface area contributed by atoms with Crippen LogP contribution in [0.15, 0.2) is 12.3 Å². The van der Waals surface area contributed by atoms with E-state index >= 15 is 0 Å². The first-order chi connectivity index (χ1) is 8.50. The van der Waals surface area contributed by atoms with Gasteiger partial charge in [-0.1, -0.05) is 0 Å². The summed E-state index contributed by atoms with van der Waals surface area (Å²) in [5.74, 6) is 0.547. The minimum absolute atomic E-state index is 0.126. The van der Waals surface area contributed by atoms with E-state index in [1.807, 2.05) is 11.8 Å². The summed E-state index contributed by atoms with van der Waals surface area (Å²) in [6.45, 7) is 2.91. The van der Waals surface area contributed by atoms with Crippen LogP contribution in [-0.4, -0.2) is 33.1 Å². The normalized spacial score (nSPS) is 22.9. The van der Waals surface area contributed by atoms with Crippen LogP contribution in [-0.2, 0) is 0 Å². The zero-order valence-corrected chi connectivity index (χ0v) is 11.1. The number of rotatable bonds is 4. The number of carbonyl (C=O) groups is 1. The molecule has 0 spiro atoms. The minimum Gasteiger partial charge on any atom is -0.478 e. The van der Waals surface area contributed by atoms with Crippen LogP contribution < -0.4 is 11.1 Å². The van der Waals surface area contributed by atoms with Crippen LogP contribution in [0.3, 0.4) is 0 Å². The van der Waals surface area contributed by atoms with Gasteiger partial charge in [-0.3, -0.25) is 0 Å². The summed E-state index contributed by atoms with van der Waals surface area (Å²) in [4.78, 5) is 15.2. The predicted octanol–water partition coefficient (Wildman–Crippen LogP) is 2.06. The summed E-state index contributed by atoms with van der Waals surface area (Å²) in [5, 5.41) is 12.2. The van der Waals surface area contributed by atoms with E-state index in [-0.39, 0.29) is 10.3 Å². The summed E-state index contributed by atoms with van der Waals surface area (Å²) in [6, 6.07) is 1.43. The van der Waals surface area contributed by atoms with Crippen molar-refractivity contribution >= 4 is 29.2 Å². The molecular weight excluding hydrogens is 250 g/mol. The number of aromatic carboxylic acids is 1. The second-order valence-corrected chi connectivity index (χ2v) is 6.41. The summed E-state index contributed by atoms with van der Waals surface area (Å²) >= 11 is 1.92. The molecule has 4 N–H and O–H groups in total. The highest BCUT2D eigenvalue weighted by Crippen LogP contribution is 2.37. The number of nitrogens with one attached hydrogen (secondary N) is 1. The van der Waals surface area contributed by atoms with Crippen LogP contribution in [0, 0.1) is 0 Å². The van der Waals surface area contributed by atoms with Crippen LogP contribution >= 0.6 is 11.8 Å². The monoisotopic (exact) mass is 267 g/mol. The van der Waals surface area contributed by atoms with E-state index in [4.69, 9.17) is 10.8 Å². The highest BCUT2D eigenvalue weighted by molar-refractivity contribution is 8.00. The number of aromatic nitrogens is 1. The third kappa shape index (κ3) is 2.87. The Hall–Kier alpha value is -1.43. The predicted molar refractivity (Wildman–Crippen MR) is 74.2 cm³/mol. The molecule has 1 saturated heterocycles. The molecule has 1 unspecified atom stereocenters. The molecule has 2 rings (SSSR count). The van der Waals surface area contributed by atoms with Gasteiger partial charge in [-0.15, -0.1) is 0 Å². The Morgan fingerprint density at radius 3 is 3.11 bits per heavy atom. The molecule has 1 atom stereocenters. The second-order valence-electron chi connectivity index (χ2n) is 4.73. The molecule has 0 aromatic carbocycles. The first-order valence-corrected chi connectivity index (χ1v) is 6.85. The van der Waals surface area contributed by atoms with E-state index in [1.165, 1.54) is 24.4 Å². The average Bonchev–Trinajstić information content (AvgIpc) is 2.75. The molecule has 0 radical (unpaired) electrons. The topological polar surface area (TPSA) is 88.2 Å². The maximum absolute atomic E-state index is 11.1. The molecule has 0 amide bonds. The van der Waals surface area contributed by atoms with E-state index in [2.05, 4.69) is 17.2 Å². The first kappa shape index (κ1) is 13.0. The molecule has 1 aliphatic heterocycles. The van der Waals surface area contributed by atoms with Crippen molar-refractivity contribution in [3.05, 3.63) is 17.8 Å². The van der Waals surface area contributed by atoms with Crippen LogP contribution in [0.5, 0.6) is 0 Å². The summed E-state index contributed by atoms with van der Waals surface area (Å²) < 4.78 is 0.166. The molecule has 5 nitrogen and oxygen atoms in total. The van der Waals surface area contributed by atoms with Crippen molar-refractivity contribution in [2.45, 2.75) is 24.5 Å². The molecule has 6 heteroatoms. The van der Waals surface area contributed by atoms with Crippen molar-refractivity contribution < 1.29 is 9.90 Å². The lowest BCUT2D eigenvalue weighted by molar-refractivity contribution is 0.0697. The lowest BCUT2D eigenvalue weighted by atomic mass is 10.1. The number of carboxylic acids is 1. The largest absolute Gasteiger partial charge is 0.478 e. The lowest BCUT2D eigenvalue weighted by Crippen LogP contribution is -2.28. The van der Waals surface area contributed by atoms with Crippen molar-refractivity contribution in [2.24, 2.45) is 0 Å². The fourth-order valence-electron chi connectivity index (χ4n) is 2.03. The molecular formula is C12H17N3O2S. The first-order valence-electron chi connectivity index (χ1n) is 5.87. The van der Waals surface area contributed by atoms with E-state index in [0.717, 1.165) is 13.0 Å². The summed E-state index contributed by atoms with van der Waals surface area (Å²) in [6.07, 6.45) is 3.82. The van der Waals surface area contributed by atoms with Crippen LogP contribution in [0.25, 0.3) is 0 Å². The zero-order chi connectivity index (χ0) is 13.2. The third-order valence-corrected chi connectivity index (χ3v) is 4.61. The number of hydrogen-bond acceptors (Lipinski definition) is 5. The number of carboxylic acid groups (broad SMARTS) is 1. The van der Waals surface area contributed by atoms with Gasteiger partial charge < -0.3 is 16.2 Å². The van der Waals surface area contributed by atoms with E-state index in [9.17, 15) is 4.79 Å². The van der Waals surface area contributed by atoms with Crippen molar-refractivity contribution in [3.8, 4) is 0 Å². The van der Waals surface area contributed by atoms with Gasteiger partial charge in [-0.25, -0.2) is 9.78 Å². The quantitative estimate of drug-likeness (QED) is 0.774. The number of hydrogen-bond donors (Lipinski definition) is 3. The van der Waals surface area contributed by atoms with Crippen molar-refractivity contribution in [2.75, 3.05) is 23.3 Å². The molecule has 0 bridgehead atoms. The van der Waals surface area contributed by atoms with Gasteiger partial charge >= 0.3 is 5.97 Å². The molecule has 98 valence electrons. The van der Waals surface area contributed by atoms with Gasteiger partial charge in [0.1, 0.15) is 11.4 Å². The van der Waals surface area contributed by atoms with E-state index in [1.54, 1.807) is 0 Å². The molecule has 1 aromatic heterocycles. The van der Waals surface area contributed by atoms with Gasteiger partial charge in [0.05, 0.1) is 11.9 Å².